The van der Waals surface area contributed by atoms with Gasteiger partial charge in [-0.1, -0.05) is 6.58 Å². The standard InChI is InChI=1S/C9H16N2O2/c1-4-10-9(12)11-5-7(2)13-8(3)6-11/h4,7-8H,1,5-6H2,2-3H3,(H,10,12). The minimum Gasteiger partial charge on any atom is -0.372 e. The molecule has 0 aliphatic carbocycles. The molecule has 0 radical (unpaired) electrons. The van der Waals surface area contributed by atoms with Crippen LogP contribution in [0.5, 0.6) is 0 Å². The first-order valence-electron chi connectivity index (χ1n) is 4.45. The van der Waals surface area contributed by atoms with Crippen molar-refractivity contribution in [3.05, 3.63) is 12.8 Å². The number of rotatable bonds is 1. The van der Waals surface area contributed by atoms with Gasteiger partial charge in [0.15, 0.2) is 0 Å². The third-order valence-electron chi connectivity index (χ3n) is 1.93. The molecule has 0 aromatic rings. The Labute approximate surface area is 78.5 Å². The van der Waals surface area contributed by atoms with Crippen molar-refractivity contribution in [3.63, 3.8) is 0 Å². The van der Waals surface area contributed by atoms with Gasteiger partial charge in [-0.15, -0.1) is 0 Å². The van der Waals surface area contributed by atoms with E-state index >= 15 is 0 Å². The lowest BCUT2D eigenvalue weighted by Gasteiger charge is -2.34. The summed E-state index contributed by atoms with van der Waals surface area (Å²) in [6, 6.07) is -0.1000. The van der Waals surface area contributed by atoms with Gasteiger partial charge in [-0.2, -0.15) is 0 Å². The van der Waals surface area contributed by atoms with Gasteiger partial charge in [0.2, 0.25) is 0 Å². The van der Waals surface area contributed by atoms with E-state index in [9.17, 15) is 4.79 Å². The van der Waals surface area contributed by atoms with Crippen molar-refractivity contribution in [1.82, 2.24) is 10.2 Å². The number of hydrogen-bond donors (Lipinski definition) is 1. The molecule has 1 fully saturated rings. The fourth-order valence-corrected chi connectivity index (χ4v) is 1.52. The quantitative estimate of drug-likeness (QED) is 0.659. The molecule has 0 aromatic carbocycles. The summed E-state index contributed by atoms with van der Waals surface area (Å²) in [4.78, 5) is 13.1. The zero-order valence-electron chi connectivity index (χ0n) is 8.12. The molecule has 1 aliphatic heterocycles. The first kappa shape index (κ1) is 10.1. The van der Waals surface area contributed by atoms with Crippen LogP contribution in [0.3, 0.4) is 0 Å². The van der Waals surface area contributed by atoms with E-state index < -0.39 is 0 Å². The molecule has 0 aromatic heterocycles. The van der Waals surface area contributed by atoms with Crippen LogP contribution in [-0.4, -0.2) is 36.2 Å². The summed E-state index contributed by atoms with van der Waals surface area (Å²) >= 11 is 0. The van der Waals surface area contributed by atoms with E-state index in [2.05, 4.69) is 11.9 Å². The molecule has 13 heavy (non-hydrogen) atoms. The highest BCUT2D eigenvalue weighted by atomic mass is 16.5. The van der Waals surface area contributed by atoms with Crippen LogP contribution in [0.2, 0.25) is 0 Å². The second kappa shape index (κ2) is 4.28. The summed E-state index contributed by atoms with van der Waals surface area (Å²) in [6.07, 6.45) is 1.62. The van der Waals surface area contributed by atoms with Gasteiger partial charge < -0.3 is 15.0 Å². The number of carbonyl (C=O) groups is 1. The van der Waals surface area contributed by atoms with E-state index in [-0.39, 0.29) is 18.2 Å². The Morgan fingerprint density at radius 2 is 2.08 bits per heavy atom. The first-order valence-corrected chi connectivity index (χ1v) is 4.45. The summed E-state index contributed by atoms with van der Waals surface area (Å²) in [6.45, 7) is 8.65. The molecule has 2 atom stereocenters. The predicted octanol–water partition coefficient (Wildman–Crippen LogP) is 0.949. The van der Waals surface area contributed by atoms with Crippen molar-refractivity contribution in [3.8, 4) is 0 Å². The molecule has 2 amide bonds. The van der Waals surface area contributed by atoms with Gasteiger partial charge in [0.25, 0.3) is 0 Å². The third kappa shape index (κ3) is 2.73. The molecule has 74 valence electrons. The maximum absolute atomic E-state index is 11.4. The maximum Gasteiger partial charge on any atom is 0.321 e. The fraction of sp³-hybridized carbons (Fsp3) is 0.667. The normalized spacial score (nSPS) is 28.3. The van der Waals surface area contributed by atoms with Crippen molar-refractivity contribution < 1.29 is 9.53 Å². The van der Waals surface area contributed by atoms with E-state index in [4.69, 9.17) is 4.74 Å². The van der Waals surface area contributed by atoms with Gasteiger partial charge in [-0.3, -0.25) is 0 Å². The second-order valence-electron chi connectivity index (χ2n) is 3.32. The Balaban J connectivity index is 2.49. The highest BCUT2D eigenvalue weighted by Gasteiger charge is 2.24. The molecule has 1 rings (SSSR count). The predicted molar refractivity (Wildman–Crippen MR) is 50.3 cm³/mol. The number of morpholine rings is 1. The molecule has 0 bridgehead atoms. The van der Waals surface area contributed by atoms with E-state index in [0.29, 0.717) is 13.1 Å². The number of carbonyl (C=O) groups excluding carboxylic acids is 1. The van der Waals surface area contributed by atoms with Crippen LogP contribution in [0.1, 0.15) is 13.8 Å². The van der Waals surface area contributed by atoms with Crippen LogP contribution in [0, 0.1) is 0 Å². The summed E-state index contributed by atoms with van der Waals surface area (Å²) in [5.74, 6) is 0. The van der Waals surface area contributed by atoms with Crippen molar-refractivity contribution >= 4 is 6.03 Å². The zero-order valence-corrected chi connectivity index (χ0v) is 8.12. The summed E-state index contributed by atoms with van der Waals surface area (Å²) in [7, 11) is 0. The Kier molecular flexibility index (Phi) is 3.31. The molecule has 4 heteroatoms. The maximum atomic E-state index is 11.4. The Morgan fingerprint density at radius 1 is 1.54 bits per heavy atom. The fourth-order valence-electron chi connectivity index (χ4n) is 1.52. The van der Waals surface area contributed by atoms with Gasteiger partial charge in [0.1, 0.15) is 0 Å². The molecule has 1 saturated heterocycles. The van der Waals surface area contributed by atoms with E-state index in [1.54, 1.807) is 4.90 Å². The molecule has 1 aliphatic rings. The van der Waals surface area contributed by atoms with Gasteiger partial charge in [-0.25, -0.2) is 4.79 Å². The number of nitrogens with zero attached hydrogens (tertiary/aromatic N) is 1. The molecule has 1 heterocycles. The SMILES string of the molecule is C=CNC(=O)N1CC(C)OC(C)C1. The Bertz CT molecular complexity index is 196. The van der Waals surface area contributed by atoms with E-state index in [0.717, 1.165) is 0 Å². The number of hydrogen-bond acceptors (Lipinski definition) is 2. The van der Waals surface area contributed by atoms with Gasteiger partial charge in [-0.05, 0) is 20.0 Å². The largest absolute Gasteiger partial charge is 0.372 e. The minimum absolute atomic E-state index is 0.1000. The summed E-state index contributed by atoms with van der Waals surface area (Å²) < 4.78 is 5.50. The summed E-state index contributed by atoms with van der Waals surface area (Å²) in [5, 5.41) is 2.55. The van der Waals surface area contributed by atoms with Crippen LogP contribution >= 0.6 is 0 Å². The lowest BCUT2D eigenvalue weighted by atomic mass is 10.2. The molecule has 1 N–H and O–H groups in total. The third-order valence-corrected chi connectivity index (χ3v) is 1.93. The number of nitrogens with one attached hydrogen (secondary N) is 1. The van der Waals surface area contributed by atoms with Crippen LogP contribution in [0.25, 0.3) is 0 Å². The van der Waals surface area contributed by atoms with Crippen molar-refractivity contribution in [2.75, 3.05) is 13.1 Å². The highest BCUT2D eigenvalue weighted by Crippen LogP contribution is 2.10. The van der Waals surface area contributed by atoms with Crippen molar-refractivity contribution in [2.24, 2.45) is 0 Å². The van der Waals surface area contributed by atoms with Crippen molar-refractivity contribution in [1.29, 1.82) is 0 Å². The van der Waals surface area contributed by atoms with E-state index in [1.807, 2.05) is 13.8 Å². The molecule has 4 nitrogen and oxygen atoms in total. The average molecular weight is 184 g/mol. The van der Waals surface area contributed by atoms with Crippen LogP contribution in [-0.2, 0) is 4.74 Å². The zero-order chi connectivity index (χ0) is 9.84. The summed E-state index contributed by atoms with van der Waals surface area (Å²) in [5.41, 5.74) is 0. The average Bonchev–Trinajstić information content (AvgIpc) is 2.03. The van der Waals surface area contributed by atoms with Gasteiger partial charge in [0.05, 0.1) is 12.2 Å². The van der Waals surface area contributed by atoms with Gasteiger partial charge in [0, 0.05) is 13.1 Å². The Hall–Kier alpha value is -1.03. The molecule has 2 unspecified atom stereocenters. The second-order valence-corrected chi connectivity index (χ2v) is 3.32. The Morgan fingerprint density at radius 3 is 2.54 bits per heavy atom. The van der Waals surface area contributed by atoms with Crippen LogP contribution < -0.4 is 5.32 Å². The number of ether oxygens (including phenoxy) is 1. The first-order chi connectivity index (χ1) is 6.13. The smallest absolute Gasteiger partial charge is 0.321 e. The van der Waals surface area contributed by atoms with Crippen LogP contribution in [0.4, 0.5) is 4.79 Å². The minimum atomic E-state index is -0.1000. The lowest BCUT2D eigenvalue weighted by molar-refractivity contribution is -0.0541. The highest BCUT2D eigenvalue weighted by molar-refractivity contribution is 5.75. The molecule has 0 saturated carbocycles. The molecular weight excluding hydrogens is 168 g/mol. The monoisotopic (exact) mass is 184 g/mol. The number of amides is 2. The molecular formula is C9H16N2O2. The number of urea groups is 1. The lowest BCUT2D eigenvalue weighted by Crippen LogP contribution is -2.50. The topological polar surface area (TPSA) is 41.6 Å². The molecule has 0 spiro atoms. The van der Waals surface area contributed by atoms with E-state index in [1.165, 1.54) is 6.20 Å². The van der Waals surface area contributed by atoms with Crippen LogP contribution in [0.15, 0.2) is 12.8 Å². The van der Waals surface area contributed by atoms with Gasteiger partial charge >= 0.3 is 6.03 Å². The van der Waals surface area contributed by atoms with Crippen molar-refractivity contribution in [2.45, 2.75) is 26.1 Å².